The largest absolute Gasteiger partial charge is 0.480 e. The number of likely N-dealkylation sites (N-methyl/N-ethyl adjacent to an activating group) is 1. The molecular formula is C12H24N2O2. The minimum absolute atomic E-state index is 0.0765. The van der Waals surface area contributed by atoms with Crippen LogP contribution in [0.25, 0.3) is 0 Å². The molecule has 0 saturated heterocycles. The predicted molar refractivity (Wildman–Crippen MR) is 64.6 cm³/mol. The zero-order chi connectivity index (χ0) is 12.1. The standard InChI is InChI=1S/C12H24N2O2/c1-9(2)14(3)11-7-5-4-6-10(11)13-8-12(15)16/h9-11,13H,4-8H2,1-3H3,(H,15,16)/t10-,11-/m1/s1. The van der Waals surface area contributed by atoms with Gasteiger partial charge in [0.15, 0.2) is 0 Å². The summed E-state index contributed by atoms with van der Waals surface area (Å²) < 4.78 is 0. The van der Waals surface area contributed by atoms with E-state index in [1.807, 2.05) is 0 Å². The molecule has 16 heavy (non-hydrogen) atoms. The van der Waals surface area contributed by atoms with Crippen molar-refractivity contribution in [3.05, 3.63) is 0 Å². The first-order valence-electron chi connectivity index (χ1n) is 6.19. The van der Waals surface area contributed by atoms with E-state index in [0.29, 0.717) is 18.1 Å². The second-order valence-electron chi connectivity index (χ2n) is 4.99. The number of aliphatic carboxylic acids is 1. The Bertz CT molecular complexity index is 231. The fourth-order valence-corrected chi connectivity index (χ4v) is 2.44. The van der Waals surface area contributed by atoms with Crippen LogP contribution in [0.1, 0.15) is 39.5 Å². The summed E-state index contributed by atoms with van der Waals surface area (Å²) >= 11 is 0. The molecule has 0 aromatic rings. The van der Waals surface area contributed by atoms with E-state index in [-0.39, 0.29) is 6.54 Å². The highest BCUT2D eigenvalue weighted by atomic mass is 16.4. The van der Waals surface area contributed by atoms with Crippen LogP contribution < -0.4 is 5.32 Å². The molecule has 0 radical (unpaired) electrons. The number of hydrogen-bond acceptors (Lipinski definition) is 3. The maximum absolute atomic E-state index is 10.6. The molecule has 1 aliphatic carbocycles. The molecule has 1 saturated carbocycles. The van der Waals surface area contributed by atoms with Crippen LogP contribution in [-0.4, -0.2) is 47.7 Å². The van der Waals surface area contributed by atoms with Crippen molar-refractivity contribution in [2.75, 3.05) is 13.6 Å². The highest BCUT2D eigenvalue weighted by Gasteiger charge is 2.29. The summed E-state index contributed by atoms with van der Waals surface area (Å²) in [7, 11) is 2.14. The maximum atomic E-state index is 10.6. The predicted octanol–water partition coefficient (Wildman–Crippen LogP) is 1.31. The molecule has 2 N–H and O–H groups in total. The van der Waals surface area contributed by atoms with Crippen molar-refractivity contribution in [1.82, 2.24) is 10.2 Å². The molecule has 0 aliphatic heterocycles. The molecule has 1 rings (SSSR count). The van der Waals surface area contributed by atoms with E-state index in [2.05, 4.69) is 31.1 Å². The van der Waals surface area contributed by atoms with E-state index < -0.39 is 5.97 Å². The molecule has 0 unspecified atom stereocenters. The molecule has 0 bridgehead atoms. The van der Waals surface area contributed by atoms with Crippen molar-refractivity contribution in [3.63, 3.8) is 0 Å². The second kappa shape index (κ2) is 6.21. The van der Waals surface area contributed by atoms with Crippen molar-refractivity contribution < 1.29 is 9.90 Å². The van der Waals surface area contributed by atoms with Gasteiger partial charge in [-0.3, -0.25) is 9.69 Å². The van der Waals surface area contributed by atoms with Gasteiger partial charge in [0.1, 0.15) is 0 Å². The molecule has 2 atom stereocenters. The summed E-state index contributed by atoms with van der Waals surface area (Å²) in [5.41, 5.74) is 0. The molecule has 0 heterocycles. The molecular weight excluding hydrogens is 204 g/mol. The zero-order valence-electron chi connectivity index (χ0n) is 10.6. The van der Waals surface area contributed by atoms with E-state index in [4.69, 9.17) is 5.11 Å². The van der Waals surface area contributed by atoms with Crippen molar-refractivity contribution in [3.8, 4) is 0 Å². The third kappa shape index (κ3) is 3.76. The fraction of sp³-hybridized carbons (Fsp3) is 0.917. The van der Waals surface area contributed by atoms with Crippen LogP contribution in [0, 0.1) is 0 Å². The molecule has 1 aliphatic rings. The molecule has 4 heteroatoms. The topological polar surface area (TPSA) is 52.6 Å². The molecule has 1 fully saturated rings. The van der Waals surface area contributed by atoms with Crippen LogP contribution in [-0.2, 0) is 4.79 Å². The Labute approximate surface area is 98.0 Å². The molecule has 0 amide bonds. The van der Waals surface area contributed by atoms with Crippen molar-refractivity contribution >= 4 is 5.97 Å². The Balaban J connectivity index is 2.53. The summed E-state index contributed by atoms with van der Waals surface area (Å²) in [6.07, 6.45) is 4.73. The minimum Gasteiger partial charge on any atom is -0.480 e. The van der Waals surface area contributed by atoms with Gasteiger partial charge in [-0.1, -0.05) is 12.8 Å². The van der Waals surface area contributed by atoms with E-state index in [0.717, 1.165) is 6.42 Å². The van der Waals surface area contributed by atoms with Crippen LogP contribution in [0.2, 0.25) is 0 Å². The van der Waals surface area contributed by atoms with Crippen LogP contribution in [0.5, 0.6) is 0 Å². The summed E-state index contributed by atoms with van der Waals surface area (Å²) in [6.45, 7) is 4.44. The van der Waals surface area contributed by atoms with E-state index in [9.17, 15) is 4.79 Å². The number of rotatable bonds is 5. The Hall–Kier alpha value is -0.610. The lowest BCUT2D eigenvalue weighted by atomic mass is 9.88. The molecule has 0 aromatic carbocycles. The molecule has 94 valence electrons. The lowest BCUT2D eigenvalue weighted by molar-refractivity contribution is -0.136. The Morgan fingerprint density at radius 3 is 2.62 bits per heavy atom. The van der Waals surface area contributed by atoms with E-state index >= 15 is 0 Å². The highest BCUT2D eigenvalue weighted by molar-refractivity contribution is 5.69. The van der Waals surface area contributed by atoms with Crippen LogP contribution >= 0.6 is 0 Å². The lowest BCUT2D eigenvalue weighted by Crippen LogP contribution is -2.53. The average molecular weight is 228 g/mol. The van der Waals surface area contributed by atoms with Crippen LogP contribution in [0.3, 0.4) is 0 Å². The van der Waals surface area contributed by atoms with Gasteiger partial charge >= 0.3 is 5.97 Å². The third-order valence-electron chi connectivity index (χ3n) is 3.58. The number of hydrogen-bond donors (Lipinski definition) is 2. The normalized spacial score (nSPS) is 26.3. The Morgan fingerprint density at radius 1 is 1.44 bits per heavy atom. The minimum atomic E-state index is -0.767. The first kappa shape index (κ1) is 13.5. The quantitative estimate of drug-likeness (QED) is 0.745. The Morgan fingerprint density at radius 2 is 2.06 bits per heavy atom. The first-order valence-corrected chi connectivity index (χ1v) is 6.19. The van der Waals surface area contributed by atoms with Gasteiger partial charge in [-0.05, 0) is 33.7 Å². The van der Waals surface area contributed by atoms with E-state index in [1.165, 1.54) is 19.3 Å². The monoisotopic (exact) mass is 228 g/mol. The van der Waals surface area contributed by atoms with E-state index in [1.54, 1.807) is 0 Å². The van der Waals surface area contributed by atoms with Gasteiger partial charge in [0.2, 0.25) is 0 Å². The van der Waals surface area contributed by atoms with Gasteiger partial charge in [-0.25, -0.2) is 0 Å². The van der Waals surface area contributed by atoms with Gasteiger partial charge in [0.05, 0.1) is 6.54 Å². The Kier molecular flexibility index (Phi) is 5.22. The number of carbonyl (C=O) groups is 1. The number of nitrogens with zero attached hydrogens (tertiary/aromatic N) is 1. The summed E-state index contributed by atoms with van der Waals surface area (Å²) in [5, 5.41) is 11.9. The third-order valence-corrected chi connectivity index (χ3v) is 3.58. The molecule has 0 spiro atoms. The van der Waals surface area contributed by atoms with Crippen molar-refractivity contribution in [2.24, 2.45) is 0 Å². The smallest absolute Gasteiger partial charge is 0.317 e. The summed E-state index contributed by atoms with van der Waals surface area (Å²) in [6, 6.07) is 1.32. The molecule has 4 nitrogen and oxygen atoms in total. The van der Waals surface area contributed by atoms with Gasteiger partial charge in [0, 0.05) is 18.1 Å². The average Bonchev–Trinajstić information content (AvgIpc) is 2.25. The van der Waals surface area contributed by atoms with Crippen molar-refractivity contribution in [2.45, 2.75) is 57.7 Å². The zero-order valence-corrected chi connectivity index (χ0v) is 10.6. The van der Waals surface area contributed by atoms with Gasteiger partial charge < -0.3 is 10.4 Å². The van der Waals surface area contributed by atoms with Crippen LogP contribution in [0.15, 0.2) is 0 Å². The second-order valence-corrected chi connectivity index (χ2v) is 4.99. The van der Waals surface area contributed by atoms with Gasteiger partial charge in [-0.2, -0.15) is 0 Å². The van der Waals surface area contributed by atoms with Gasteiger partial charge in [0.25, 0.3) is 0 Å². The summed E-state index contributed by atoms with van der Waals surface area (Å²) in [4.78, 5) is 12.9. The maximum Gasteiger partial charge on any atom is 0.317 e. The van der Waals surface area contributed by atoms with Crippen LogP contribution in [0.4, 0.5) is 0 Å². The van der Waals surface area contributed by atoms with Crippen molar-refractivity contribution in [1.29, 1.82) is 0 Å². The first-order chi connectivity index (χ1) is 7.52. The van der Waals surface area contributed by atoms with Gasteiger partial charge in [-0.15, -0.1) is 0 Å². The summed E-state index contributed by atoms with van der Waals surface area (Å²) in [5.74, 6) is -0.767. The number of carboxylic acid groups (broad SMARTS) is 1. The number of carboxylic acids is 1. The lowest BCUT2D eigenvalue weighted by Gasteiger charge is -2.40. The fourth-order valence-electron chi connectivity index (χ4n) is 2.44. The number of nitrogens with one attached hydrogen (secondary N) is 1. The SMILES string of the molecule is CC(C)N(C)[C@@H]1CCCC[C@H]1NCC(=O)O. The molecule has 0 aromatic heterocycles. The highest BCUT2D eigenvalue weighted by Crippen LogP contribution is 2.23.